The van der Waals surface area contributed by atoms with E-state index in [1.807, 2.05) is 0 Å². The van der Waals surface area contributed by atoms with E-state index in [2.05, 4.69) is 0 Å². The second kappa shape index (κ2) is 4.41. The van der Waals surface area contributed by atoms with Crippen molar-refractivity contribution < 1.29 is 39.9 Å². The number of hydrogen-bond donors (Lipinski definition) is 0. The zero-order valence-electron chi connectivity index (χ0n) is 9.17. The van der Waals surface area contributed by atoms with Gasteiger partial charge in [0.1, 0.15) is 0 Å². The third-order valence-electron chi connectivity index (χ3n) is 2.19. The Hall–Kier alpha value is 0.330. The molecule has 0 aromatic rings. The Labute approximate surface area is 111 Å². The Morgan fingerprint density at radius 3 is 1.58 bits per heavy atom. The fourth-order valence-electron chi connectivity index (χ4n) is 1.46. The maximum atomic E-state index is 12.7. The standard InChI is InChI=1S/C7H7F6O3PS2/c1-14-17(15-2-3-16-17)18-4(6(8,9)10)5(19-17)7(11,12)13/h2-3H2,1H3. The molecule has 0 N–H and O–H groups in total. The van der Waals surface area contributed by atoms with Crippen molar-refractivity contribution in [1.82, 2.24) is 0 Å². The molecule has 2 aliphatic rings. The van der Waals surface area contributed by atoms with Crippen molar-refractivity contribution in [2.24, 2.45) is 0 Å². The molecule has 1 fully saturated rings. The van der Waals surface area contributed by atoms with Gasteiger partial charge in [0.2, 0.25) is 0 Å². The van der Waals surface area contributed by atoms with Gasteiger partial charge in [-0.2, -0.15) is 0 Å². The van der Waals surface area contributed by atoms with Gasteiger partial charge in [-0.15, -0.1) is 0 Å². The molecule has 1 spiro atoms. The summed E-state index contributed by atoms with van der Waals surface area (Å²) in [5.74, 6) is 0. The predicted molar refractivity (Wildman–Crippen MR) is 60.2 cm³/mol. The number of alkyl halides is 6. The second-order valence-electron chi connectivity index (χ2n) is 3.43. The van der Waals surface area contributed by atoms with Crippen molar-refractivity contribution in [3.8, 4) is 0 Å². The van der Waals surface area contributed by atoms with Crippen LogP contribution in [0.15, 0.2) is 9.81 Å². The van der Waals surface area contributed by atoms with Gasteiger partial charge in [0, 0.05) is 0 Å². The molecule has 2 heterocycles. The topological polar surface area (TPSA) is 27.7 Å². The van der Waals surface area contributed by atoms with E-state index in [-0.39, 0.29) is 36.0 Å². The molecule has 2 rings (SSSR count). The predicted octanol–water partition coefficient (Wildman–Crippen LogP) is 4.62. The Kier molecular flexibility index (Phi) is 3.65. The van der Waals surface area contributed by atoms with Gasteiger partial charge in [0.05, 0.1) is 0 Å². The van der Waals surface area contributed by atoms with Crippen LogP contribution in [0, 0.1) is 0 Å². The van der Waals surface area contributed by atoms with Crippen molar-refractivity contribution in [2.75, 3.05) is 20.3 Å². The first-order chi connectivity index (χ1) is 8.52. The average molecular weight is 348 g/mol. The van der Waals surface area contributed by atoms with E-state index in [0.717, 1.165) is 7.11 Å². The molecule has 19 heavy (non-hydrogen) atoms. The van der Waals surface area contributed by atoms with E-state index < -0.39 is 27.9 Å². The average Bonchev–Trinajstić information content (AvgIpc) is 2.83. The van der Waals surface area contributed by atoms with E-state index in [4.69, 9.17) is 13.6 Å². The van der Waals surface area contributed by atoms with Crippen molar-refractivity contribution in [2.45, 2.75) is 12.4 Å². The van der Waals surface area contributed by atoms with Crippen LogP contribution in [-0.4, -0.2) is 32.7 Å². The molecule has 12 heteroatoms. The van der Waals surface area contributed by atoms with Gasteiger partial charge in [-0.05, 0) is 0 Å². The molecule has 0 unspecified atom stereocenters. The van der Waals surface area contributed by atoms with Gasteiger partial charge >= 0.3 is 111 Å². The molecule has 0 aromatic heterocycles. The molecular formula is C7H7F6O3PS2. The molecule has 0 atom stereocenters. The fraction of sp³-hybridized carbons (Fsp3) is 0.714. The normalized spacial score (nSPS) is 28.7. The molecule has 3 nitrogen and oxygen atoms in total. The summed E-state index contributed by atoms with van der Waals surface area (Å²) in [4.78, 5) is -3.54. The number of halogens is 6. The molecule has 1 saturated heterocycles. The summed E-state index contributed by atoms with van der Waals surface area (Å²) in [6, 6.07) is 0. The zero-order valence-corrected chi connectivity index (χ0v) is 11.7. The van der Waals surface area contributed by atoms with Crippen LogP contribution in [0.2, 0.25) is 0 Å². The first-order valence-electron chi connectivity index (χ1n) is 4.69. The summed E-state index contributed by atoms with van der Waals surface area (Å²) < 4.78 is 91.5. The molecule has 0 radical (unpaired) electrons. The van der Waals surface area contributed by atoms with Crippen molar-refractivity contribution in [3.05, 3.63) is 9.81 Å². The first kappa shape index (κ1) is 15.7. The number of allylic oxidation sites excluding steroid dienone is 2. The van der Waals surface area contributed by atoms with Crippen LogP contribution in [0.1, 0.15) is 0 Å². The minimum absolute atomic E-state index is 0.109. The second-order valence-corrected chi connectivity index (χ2v) is 12.6. The van der Waals surface area contributed by atoms with Crippen molar-refractivity contribution in [1.29, 1.82) is 0 Å². The number of rotatable bonds is 1. The van der Waals surface area contributed by atoms with E-state index in [0.29, 0.717) is 0 Å². The fourth-order valence-corrected chi connectivity index (χ4v) is 11.4. The van der Waals surface area contributed by atoms with Crippen LogP contribution < -0.4 is 0 Å². The molecule has 2 aliphatic heterocycles. The van der Waals surface area contributed by atoms with Gasteiger partial charge < -0.3 is 0 Å². The van der Waals surface area contributed by atoms with Crippen LogP contribution in [0.5, 0.6) is 0 Å². The zero-order chi connectivity index (χ0) is 14.6. The molecular weight excluding hydrogens is 341 g/mol. The monoisotopic (exact) mass is 348 g/mol. The van der Waals surface area contributed by atoms with E-state index in [1.165, 1.54) is 0 Å². The van der Waals surface area contributed by atoms with Gasteiger partial charge in [-0.25, -0.2) is 0 Å². The van der Waals surface area contributed by atoms with Crippen LogP contribution in [0.4, 0.5) is 26.3 Å². The molecule has 0 bridgehead atoms. The molecule has 0 aromatic carbocycles. The Balaban J connectivity index is 2.48. The number of hydrogen-bond acceptors (Lipinski definition) is 5. The Bertz CT molecular complexity index is 398. The summed E-state index contributed by atoms with van der Waals surface area (Å²) >= 11 is -0.257. The van der Waals surface area contributed by atoms with Crippen LogP contribution in [-0.2, 0) is 13.6 Å². The van der Waals surface area contributed by atoms with Gasteiger partial charge in [-0.3, -0.25) is 0 Å². The SMILES string of the molecule is COP12(OCCO1)SC(C(F)(F)F)=C(C(F)(F)F)S2. The van der Waals surface area contributed by atoms with E-state index in [1.54, 1.807) is 0 Å². The summed E-state index contributed by atoms with van der Waals surface area (Å²) in [6.45, 7) is -0.218. The summed E-state index contributed by atoms with van der Waals surface area (Å²) in [5.41, 5.74) is -4.50. The summed E-state index contributed by atoms with van der Waals surface area (Å²) in [7, 11) is 0.983. The maximum absolute atomic E-state index is 12.7. The first-order valence-corrected chi connectivity index (χ1v) is 9.52. The van der Waals surface area contributed by atoms with Gasteiger partial charge in [-0.1, -0.05) is 0 Å². The molecule has 0 saturated carbocycles. The summed E-state index contributed by atoms with van der Waals surface area (Å²) in [5, 5.41) is 0. The van der Waals surface area contributed by atoms with E-state index >= 15 is 0 Å². The molecule has 112 valence electrons. The third kappa shape index (κ3) is 2.60. The van der Waals surface area contributed by atoms with E-state index in [9.17, 15) is 26.3 Å². The van der Waals surface area contributed by atoms with Gasteiger partial charge in [0.15, 0.2) is 0 Å². The molecule has 0 aliphatic carbocycles. The van der Waals surface area contributed by atoms with Crippen molar-refractivity contribution >= 4 is 28.5 Å². The molecule has 0 amide bonds. The van der Waals surface area contributed by atoms with Crippen LogP contribution in [0.3, 0.4) is 0 Å². The summed E-state index contributed by atoms with van der Waals surface area (Å²) in [6.07, 6.45) is -10.3. The Morgan fingerprint density at radius 2 is 1.32 bits per heavy atom. The quantitative estimate of drug-likeness (QED) is 0.509. The Morgan fingerprint density at radius 1 is 0.947 bits per heavy atom. The third-order valence-corrected chi connectivity index (χ3v) is 12.3. The van der Waals surface area contributed by atoms with Crippen LogP contribution >= 0.6 is 28.5 Å². The van der Waals surface area contributed by atoms with Crippen LogP contribution in [0.25, 0.3) is 0 Å². The van der Waals surface area contributed by atoms with Gasteiger partial charge in [0.25, 0.3) is 0 Å². The minimum atomic E-state index is -5.14. The van der Waals surface area contributed by atoms with Crippen molar-refractivity contribution in [3.63, 3.8) is 0 Å².